The number of anilines is 2. The third kappa shape index (κ3) is 4.76. The molecule has 1 aliphatic rings. The Balaban J connectivity index is 1.82. The maximum atomic E-state index is 6.05. The molecule has 21 heavy (non-hydrogen) atoms. The zero-order chi connectivity index (χ0) is 15.1. The molecule has 5 heteroatoms. The Hall–Kier alpha value is -1.52. The summed E-state index contributed by atoms with van der Waals surface area (Å²) in [4.78, 5) is 8.30. The van der Waals surface area contributed by atoms with E-state index in [1.165, 1.54) is 38.4 Å². The lowest BCUT2D eigenvalue weighted by atomic mass is 9.81. The van der Waals surface area contributed by atoms with Crippen LogP contribution in [0.15, 0.2) is 6.33 Å². The summed E-state index contributed by atoms with van der Waals surface area (Å²) in [7, 11) is 0. The summed E-state index contributed by atoms with van der Waals surface area (Å²) in [5.41, 5.74) is 6.57. The number of hydrogen-bond donors (Lipinski definition) is 2. The minimum atomic E-state index is 0.487. The van der Waals surface area contributed by atoms with Crippen molar-refractivity contribution in [3.05, 3.63) is 6.33 Å². The van der Waals surface area contributed by atoms with Crippen LogP contribution < -0.4 is 15.8 Å². The third-order valence-electron chi connectivity index (χ3n) is 4.18. The molecule has 0 bridgehead atoms. The van der Waals surface area contributed by atoms with Gasteiger partial charge in [-0.25, -0.2) is 4.98 Å². The summed E-state index contributed by atoms with van der Waals surface area (Å²) in [6, 6.07) is 0. The summed E-state index contributed by atoms with van der Waals surface area (Å²) >= 11 is 0. The highest BCUT2D eigenvalue weighted by Crippen LogP contribution is 2.31. The predicted molar refractivity (Wildman–Crippen MR) is 86.5 cm³/mol. The van der Waals surface area contributed by atoms with Crippen molar-refractivity contribution in [1.29, 1.82) is 0 Å². The van der Waals surface area contributed by atoms with Crippen LogP contribution in [0.1, 0.15) is 52.4 Å². The molecule has 2 atom stereocenters. The van der Waals surface area contributed by atoms with Gasteiger partial charge < -0.3 is 15.8 Å². The summed E-state index contributed by atoms with van der Waals surface area (Å²) in [6.45, 7) is 5.95. The Morgan fingerprint density at radius 2 is 2.24 bits per heavy atom. The van der Waals surface area contributed by atoms with Gasteiger partial charge in [0.05, 0.1) is 6.61 Å². The number of rotatable bonds is 7. The van der Waals surface area contributed by atoms with E-state index in [2.05, 4.69) is 29.1 Å². The molecule has 118 valence electrons. The lowest BCUT2D eigenvalue weighted by Gasteiger charge is -2.26. The summed E-state index contributed by atoms with van der Waals surface area (Å²) < 4.78 is 5.52. The van der Waals surface area contributed by atoms with E-state index in [0.29, 0.717) is 24.0 Å². The van der Waals surface area contributed by atoms with Crippen LogP contribution in [0.5, 0.6) is 5.88 Å². The Morgan fingerprint density at radius 1 is 1.38 bits per heavy atom. The van der Waals surface area contributed by atoms with Gasteiger partial charge in [-0.2, -0.15) is 4.98 Å². The number of nitrogen functional groups attached to an aromatic ring is 1. The van der Waals surface area contributed by atoms with E-state index in [1.807, 2.05) is 0 Å². The number of nitrogens with one attached hydrogen (secondary N) is 1. The fourth-order valence-corrected chi connectivity index (χ4v) is 3.05. The van der Waals surface area contributed by atoms with Gasteiger partial charge in [0.1, 0.15) is 12.0 Å². The van der Waals surface area contributed by atoms with Gasteiger partial charge in [-0.15, -0.1) is 0 Å². The van der Waals surface area contributed by atoms with Crippen molar-refractivity contribution in [1.82, 2.24) is 9.97 Å². The van der Waals surface area contributed by atoms with Crippen molar-refractivity contribution in [2.75, 3.05) is 24.2 Å². The highest BCUT2D eigenvalue weighted by Gasteiger charge is 2.18. The van der Waals surface area contributed by atoms with Gasteiger partial charge in [0, 0.05) is 6.54 Å². The van der Waals surface area contributed by atoms with Crippen LogP contribution in [0, 0.1) is 11.8 Å². The van der Waals surface area contributed by atoms with Crippen molar-refractivity contribution in [3.63, 3.8) is 0 Å². The van der Waals surface area contributed by atoms with E-state index in [0.717, 1.165) is 24.8 Å². The third-order valence-corrected chi connectivity index (χ3v) is 4.18. The van der Waals surface area contributed by atoms with Gasteiger partial charge in [-0.05, 0) is 31.1 Å². The largest absolute Gasteiger partial charge is 0.476 e. The van der Waals surface area contributed by atoms with Gasteiger partial charge in [0.15, 0.2) is 5.82 Å². The average Bonchev–Trinajstić information content (AvgIpc) is 2.48. The van der Waals surface area contributed by atoms with Crippen molar-refractivity contribution in [3.8, 4) is 5.88 Å². The molecule has 0 spiro atoms. The van der Waals surface area contributed by atoms with E-state index >= 15 is 0 Å². The molecule has 2 unspecified atom stereocenters. The second-order valence-electron chi connectivity index (χ2n) is 6.14. The predicted octanol–water partition coefficient (Wildman–Crippen LogP) is 3.48. The molecule has 1 aromatic heterocycles. The molecule has 5 nitrogen and oxygen atoms in total. The van der Waals surface area contributed by atoms with Crippen molar-refractivity contribution in [2.24, 2.45) is 11.8 Å². The maximum absolute atomic E-state index is 6.05. The number of ether oxygens (including phenoxy) is 1. The first-order valence-electron chi connectivity index (χ1n) is 8.17. The Bertz CT molecular complexity index is 438. The van der Waals surface area contributed by atoms with E-state index < -0.39 is 0 Å². The lowest BCUT2D eigenvalue weighted by Crippen LogP contribution is -2.17. The zero-order valence-electron chi connectivity index (χ0n) is 13.3. The maximum Gasteiger partial charge on any atom is 0.242 e. The van der Waals surface area contributed by atoms with Crippen LogP contribution in [0.4, 0.5) is 11.5 Å². The zero-order valence-corrected chi connectivity index (χ0v) is 13.3. The quantitative estimate of drug-likeness (QED) is 0.805. The van der Waals surface area contributed by atoms with Crippen LogP contribution in [0.25, 0.3) is 0 Å². The standard InChI is InChI=1S/C16H28N4O/c1-3-9-21-16-14(17)15(19-11-20-16)18-8-7-13-6-4-5-12(2)10-13/h11-13H,3-10,17H2,1-2H3,(H,18,19,20). The second-order valence-corrected chi connectivity index (χ2v) is 6.14. The van der Waals surface area contributed by atoms with Crippen LogP contribution in [-0.2, 0) is 0 Å². The molecule has 1 saturated carbocycles. The Morgan fingerprint density at radius 3 is 3.00 bits per heavy atom. The SMILES string of the molecule is CCCOc1ncnc(NCCC2CCCC(C)C2)c1N. The summed E-state index contributed by atoms with van der Waals surface area (Å²) in [5.74, 6) is 2.89. The van der Waals surface area contributed by atoms with Crippen LogP contribution in [-0.4, -0.2) is 23.1 Å². The number of hydrogen-bond acceptors (Lipinski definition) is 5. The van der Waals surface area contributed by atoms with Crippen LogP contribution in [0.3, 0.4) is 0 Å². The topological polar surface area (TPSA) is 73.1 Å². The molecule has 0 aromatic carbocycles. The van der Waals surface area contributed by atoms with Crippen molar-refractivity contribution in [2.45, 2.75) is 52.4 Å². The first-order valence-corrected chi connectivity index (χ1v) is 8.17. The molecular formula is C16H28N4O. The Labute approximate surface area is 127 Å². The molecule has 2 rings (SSSR count). The highest BCUT2D eigenvalue weighted by atomic mass is 16.5. The van der Waals surface area contributed by atoms with E-state index in [4.69, 9.17) is 10.5 Å². The van der Waals surface area contributed by atoms with E-state index in [1.54, 1.807) is 0 Å². The first-order chi connectivity index (χ1) is 10.2. The normalized spacial score (nSPS) is 22.0. The molecule has 0 saturated heterocycles. The molecule has 1 aromatic rings. The highest BCUT2D eigenvalue weighted by molar-refractivity contribution is 5.66. The van der Waals surface area contributed by atoms with Crippen LogP contribution >= 0.6 is 0 Å². The van der Waals surface area contributed by atoms with Crippen LogP contribution in [0.2, 0.25) is 0 Å². The molecule has 1 aliphatic carbocycles. The number of aromatic nitrogens is 2. The summed E-state index contributed by atoms with van der Waals surface area (Å²) in [6.07, 6.45) is 9.09. The molecular weight excluding hydrogens is 264 g/mol. The van der Waals surface area contributed by atoms with Gasteiger partial charge >= 0.3 is 0 Å². The Kier molecular flexibility index (Phi) is 6.08. The van der Waals surface area contributed by atoms with Crippen molar-refractivity contribution < 1.29 is 4.74 Å². The molecule has 0 amide bonds. The molecule has 3 N–H and O–H groups in total. The summed E-state index contributed by atoms with van der Waals surface area (Å²) in [5, 5.41) is 3.34. The minimum absolute atomic E-state index is 0.487. The number of nitrogens with two attached hydrogens (primary N) is 1. The van der Waals surface area contributed by atoms with E-state index in [-0.39, 0.29) is 0 Å². The fourth-order valence-electron chi connectivity index (χ4n) is 3.05. The van der Waals surface area contributed by atoms with Gasteiger partial charge in [-0.3, -0.25) is 0 Å². The second kappa shape index (κ2) is 8.05. The molecule has 0 radical (unpaired) electrons. The average molecular weight is 292 g/mol. The van der Waals surface area contributed by atoms with Gasteiger partial charge in [0.2, 0.25) is 5.88 Å². The van der Waals surface area contributed by atoms with E-state index in [9.17, 15) is 0 Å². The first kappa shape index (κ1) is 15.9. The van der Waals surface area contributed by atoms with Gasteiger partial charge in [-0.1, -0.05) is 33.1 Å². The molecule has 0 aliphatic heterocycles. The molecule has 1 heterocycles. The number of nitrogens with zero attached hydrogens (tertiary/aromatic N) is 2. The lowest BCUT2D eigenvalue weighted by molar-refractivity contribution is 0.274. The smallest absolute Gasteiger partial charge is 0.242 e. The monoisotopic (exact) mass is 292 g/mol. The minimum Gasteiger partial charge on any atom is -0.476 e. The molecule has 1 fully saturated rings. The van der Waals surface area contributed by atoms with Crippen molar-refractivity contribution >= 4 is 11.5 Å². The fraction of sp³-hybridized carbons (Fsp3) is 0.750. The van der Waals surface area contributed by atoms with Gasteiger partial charge in [0.25, 0.3) is 0 Å².